The molecule has 0 fully saturated rings. The van der Waals surface area contributed by atoms with E-state index < -0.39 is 0 Å². The van der Waals surface area contributed by atoms with Crippen LogP contribution in [0.25, 0.3) is 11.2 Å². The van der Waals surface area contributed by atoms with Gasteiger partial charge in [-0.05, 0) is 48.8 Å². The van der Waals surface area contributed by atoms with E-state index in [0.717, 1.165) is 17.7 Å². The molecule has 0 radical (unpaired) electrons. The number of hydrogen-bond acceptors (Lipinski definition) is 5. The lowest BCUT2D eigenvalue weighted by atomic mass is 10.0. The molecule has 0 aliphatic carbocycles. The van der Waals surface area contributed by atoms with Gasteiger partial charge in [-0.1, -0.05) is 32.0 Å². The van der Waals surface area contributed by atoms with E-state index >= 15 is 0 Å². The van der Waals surface area contributed by atoms with Gasteiger partial charge in [-0.2, -0.15) is 0 Å². The van der Waals surface area contributed by atoms with Crippen molar-refractivity contribution in [3.05, 3.63) is 48.2 Å². The molecular formula is C19H22N6S. The van der Waals surface area contributed by atoms with Crippen LogP contribution in [0.4, 0.5) is 17.3 Å². The number of hydrogen-bond donors (Lipinski definition) is 3. The molecule has 134 valence electrons. The average Bonchev–Trinajstić information content (AvgIpc) is 2.62. The molecule has 0 spiro atoms. The number of benzene rings is 1. The van der Waals surface area contributed by atoms with E-state index in [9.17, 15) is 0 Å². The first-order valence-electron chi connectivity index (χ1n) is 8.61. The minimum atomic E-state index is 0.410. The van der Waals surface area contributed by atoms with Crippen LogP contribution in [-0.2, 0) is 0 Å². The number of fused-ring (bicyclic) bond motifs is 1. The molecule has 7 heteroatoms. The summed E-state index contributed by atoms with van der Waals surface area (Å²) in [6.45, 7) is 7.07. The Hall–Kier alpha value is -2.80. The Labute approximate surface area is 158 Å². The second-order valence-electron chi connectivity index (χ2n) is 6.15. The molecule has 0 bridgehead atoms. The fourth-order valence-corrected chi connectivity index (χ4v) is 2.85. The van der Waals surface area contributed by atoms with Gasteiger partial charge in [0.2, 0.25) is 0 Å². The van der Waals surface area contributed by atoms with Crippen molar-refractivity contribution >= 4 is 45.8 Å². The predicted octanol–water partition coefficient (Wildman–Crippen LogP) is 4.20. The molecule has 1 aromatic carbocycles. The Kier molecular flexibility index (Phi) is 5.58. The van der Waals surface area contributed by atoms with Crippen LogP contribution in [0.1, 0.15) is 32.3 Å². The third kappa shape index (κ3) is 4.23. The van der Waals surface area contributed by atoms with Crippen LogP contribution in [0.3, 0.4) is 0 Å². The second kappa shape index (κ2) is 8.05. The summed E-state index contributed by atoms with van der Waals surface area (Å²) < 4.78 is 0. The summed E-state index contributed by atoms with van der Waals surface area (Å²) in [4.78, 5) is 13.5. The van der Waals surface area contributed by atoms with E-state index in [1.165, 1.54) is 5.56 Å². The van der Waals surface area contributed by atoms with E-state index in [1.54, 1.807) is 6.20 Å². The van der Waals surface area contributed by atoms with Gasteiger partial charge in [0, 0.05) is 12.2 Å². The summed E-state index contributed by atoms with van der Waals surface area (Å²) in [6, 6.07) is 11.9. The number of pyridine rings is 1. The first-order valence-corrected chi connectivity index (χ1v) is 9.02. The maximum Gasteiger partial charge on any atom is 0.182 e. The Morgan fingerprint density at radius 2 is 1.85 bits per heavy atom. The van der Waals surface area contributed by atoms with E-state index in [0.29, 0.717) is 28.3 Å². The van der Waals surface area contributed by atoms with Crippen molar-refractivity contribution in [2.45, 2.75) is 26.7 Å². The molecule has 0 saturated heterocycles. The smallest absolute Gasteiger partial charge is 0.182 e. The molecule has 0 aliphatic rings. The Bertz CT molecular complexity index is 925. The van der Waals surface area contributed by atoms with Crippen molar-refractivity contribution in [1.82, 2.24) is 20.3 Å². The van der Waals surface area contributed by atoms with E-state index in [2.05, 4.69) is 50.8 Å². The van der Waals surface area contributed by atoms with Gasteiger partial charge in [-0.25, -0.2) is 15.0 Å². The number of rotatable bonds is 5. The van der Waals surface area contributed by atoms with Gasteiger partial charge < -0.3 is 16.0 Å². The molecule has 0 atom stereocenters. The molecule has 2 aromatic heterocycles. The third-order valence-corrected chi connectivity index (χ3v) is 4.08. The van der Waals surface area contributed by atoms with Crippen LogP contribution in [0.15, 0.2) is 42.6 Å². The SMILES string of the molecule is CCNC(=S)Nc1ccc2ncc(Nc3ccccc3C(C)C)nc2n1. The normalized spacial score (nSPS) is 10.8. The van der Waals surface area contributed by atoms with Crippen LogP contribution < -0.4 is 16.0 Å². The molecule has 0 saturated carbocycles. The molecule has 2 heterocycles. The minimum Gasteiger partial charge on any atom is -0.363 e. The molecule has 0 aliphatic heterocycles. The number of thiocarbonyl (C=S) groups is 1. The summed E-state index contributed by atoms with van der Waals surface area (Å²) in [7, 11) is 0. The summed E-state index contributed by atoms with van der Waals surface area (Å²) in [5.74, 6) is 1.70. The number of para-hydroxylation sites is 1. The highest BCUT2D eigenvalue weighted by molar-refractivity contribution is 7.80. The molecule has 0 amide bonds. The lowest BCUT2D eigenvalue weighted by molar-refractivity contribution is 0.869. The zero-order valence-corrected chi connectivity index (χ0v) is 15.9. The molecule has 0 unspecified atom stereocenters. The van der Waals surface area contributed by atoms with Crippen LogP contribution >= 0.6 is 12.2 Å². The quantitative estimate of drug-likeness (QED) is 0.584. The first-order chi connectivity index (χ1) is 12.6. The molecule has 6 nitrogen and oxygen atoms in total. The molecule has 3 N–H and O–H groups in total. The maximum absolute atomic E-state index is 5.20. The van der Waals surface area contributed by atoms with E-state index in [1.807, 2.05) is 37.3 Å². The van der Waals surface area contributed by atoms with Gasteiger partial charge in [0.15, 0.2) is 16.6 Å². The van der Waals surface area contributed by atoms with Gasteiger partial charge in [0.1, 0.15) is 11.3 Å². The zero-order chi connectivity index (χ0) is 18.5. The highest BCUT2D eigenvalue weighted by Crippen LogP contribution is 2.26. The first kappa shape index (κ1) is 18.0. The Morgan fingerprint density at radius 1 is 1.08 bits per heavy atom. The van der Waals surface area contributed by atoms with Crippen molar-refractivity contribution in [1.29, 1.82) is 0 Å². The fourth-order valence-electron chi connectivity index (χ4n) is 2.60. The van der Waals surface area contributed by atoms with Crippen molar-refractivity contribution < 1.29 is 0 Å². The number of aromatic nitrogens is 3. The van der Waals surface area contributed by atoms with Gasteiger partial charge in [0.05, 0.1) is 6.20 Å². The zero-order valence-electron chi connectivity index (χ0n) is 15.1. The van der Waals surface area contributed by atoms with Gasteiger partial charge in [-0.15, -0.1) is 0 Å². The largest absolute Gasteiger partial charge is 0.363 e. The summed E-state index contributed by atoms with van der Waals surface area (Å²) in [5, 5.41) is 9.97. The summed E-state index contributed by atoms with van der Waals surface area (Å²) >= 11 is 5.20. The number of nitrogens with one attached hydrogen (secondary N) is 3. The molecule has 3 aromatic rings. The minimum absolute atomic E-state index is 0.410. The topological polar surface area (TPSA) is 74.8 Å². The van der Waals surface area contributed by atoms with Gasteiger partial charge >= 0.3 is 0 Å². The Balaban J connectivity index is 1.87. The Morgan fingerprint density at radius 3 is 2.62 bits per heavy atom. The predicted molar refractivity (Wildman–Crippen MR) is 111 cm³/mol. The maximum atomic E-state index is 5.20. The highest BCUT2D eigenvalue weighted by atomic mass is 32.1. The molecule has 3 rings (SSSR count). The monoisotopic (exact) mass is 366 g/mol. The lowest BCUT2D eigenvalue weighted by Gasteiger charge is -2.14. The second-order valence-corrected chi connectivity index (χ2v) is 6.55. The van der Waals surface area contributed by atoms with Crippen molar-refractivity contribution in [2.75, 3.05) is 17.2 Å². The average molecular weight is 366 g/mol. The summed E-state index contributed by atoms with van der Waals surface area (Å²) in [6.07, 6.45) is 1.72. The lowest BCUT2D eigenvalue weighted by Crippen LogP contribution is -2.28. The molecular weight excluding hydrogens is 344 g/mol. The summed E-state index contributed by atoms with van der Waals surface area (Å²) in [5.41, 5.74) is 3.54. The number of nitrogens with zero attached hydrogens (tertiary/aromatic N) is 3. The molecule has 26 heavy (non-hydrogen) atoms. The third-order valence-electron chi connectivity index (χ3n) is 3.83. The fraction of sp³-hybridized carbons (Fsp3) is 0.263. The van der Waals surface area contributed by atoms with Gasteiger partial charge in [0.25, 0.3) is 0 Å². The van der Waals surface area contributed by atoms with E-state index in [-0.39, 0.29) is 0 Å². The number of anilines is 3. The van der Waals surface area contributed by atoms with Crippen LogP contribution in [0.2, 0.25) is 0 Å². The van der Waals surface area contributed by atoms with Crippen molar-refractivity contribution in [3.8, 4) is 0 Å². The van der Waals surface area contributed by atoms with Crippen molar-refractivity contribution in [2.24, 2.45) is 0 Å². The van der Waals surface area contributed by atoms with E-state index in [4.69, 9.17) is 12.2 Å². The van der Waals surface area contributed by atoms with Crippen molar-refractivity contribution in [3.63, 3.8) is 0 Å². The van der Waals surface area contributed by atoms with Crippen LogP contribution in [0, 0.1) is 0 Å². The van der Waals surface area contributed by atoms with Crippen LogP contribution in [-0.4, -0.2) is 26.6 Å². The van der Waals surface area contributed by atoms with Gasteiger partial charge in [-0.3, -0.25) is 0 Å². The highest BCUT2D eigenvalue weighted by Gasteiger charge is 2.08. The van der Waals surface area contributed by atoms with Crippen LogP contribution in [0.5, 0.6) is 0 Å². The standard InChI is InChI=1S/C19H22N6S/c1-4-20-19(26)25-16-10-9-15-18(23-16)24-17(11-21-15)22-14-8-6-5-7-13(14)12(2)3/h5-12H,4H2,1-3H3,(H3,20,22,23,24,25,26).